The third-order valence-electron chi connectivity index (χ3n) is 6.74. The molecule has 3 amide bonds. The summed E-state index contributed by atoms with van der Waals surface area (Å²) in [5.74, 6) is 0.950. The largest absolute Gasteiger partial charge is 0.454 e. The lowest BCUT2D eigenvalue weighted by molar-refractivity contribution is -0.132. The third-order valence-corrected chi connectivity index (χ3v) is 6.74. The zero-order valence-corrected chi connectivity index (χ0v) is 19.2. The molecule has 8 heteroatoms. The fraction of sp³-hybridized carbons (Fsp3) is 0.440. The summed E-state index contributed by atoms with van der Waals surface area (Å²) in [4.78, 5) is 31.9. The number of urea groups is 1. The highest BCUT2D eigenvalue weighted by Gasteiger charge is 2.49. The number of nitrogens with zero attached hydrogens (tertiary/aromatic N) is 3. The van der Waals surface area contributed by atoms with Crippen LogP contribution in [0.5, 0.6) is 11.5 Å². The van der Waals surface area contributed by atoms with Gasteiger partial charge in [-0.15, -0.1) is 0 Å². The van der Waals surface area contributed by atoms with Gasteiger partial charge in [0, 0.05) is 25.3 Å². The quantitative estimate of drug-likeness (QED) is 0.681. The maximum Gasteiger partial charge on any atom is 0.326 e. The van der Waals surface area contributed by atoms with E-state index in [9.17, 15) is 9.59 Å². The lowest BCUT2D eigenvalue weighted by atomic mass is 9.92. The minimum Gasteiger partial charge on any atom is -0.454 e. The van der Waals surface area contributed by atoms with Crippen molar-refractivity contribution in [2.45, 2.75) is 38.3 Å². The van der Waals surface area contributed by atoms with Gasteiger partial charge in [0.2, 0.25) is 6.79 Å². The molecule has 3 aliphatic rings. The van der Waals surface area contributed by atoms with Crippen molar-refractivity contribution in [2.24, 2.45) is 0 Å². The number of imide groups is 1. The topological polar surface area (TPSA) is 74.3 Å². The van der Waals surface area contributed by atoms with Gasteiger partial charge in [0.1, 0.15) is 5.54 Å². The third kappa shape index (κ3) is 3.99. The van der Waals surface area contributed by atoms with Crippen LogP contribution < -0.4 is 19.7 Å². The molecule has 0 spiro atoms. The monoisotopic (exact) mass is 450 g/mol. The van der Waals surface area contributed by atoms with Crippen LogP contribution in [0.3, 0.4) is 0 Å². The van der Waals surface area contributed by atoms with E-state index in [0.29, 0.717) is 23.6 Å². The van der Waals surface area contributed by atoms with Crippen molar-refractivity contribution in [3.05, 3.63) is 53.6 Å². The molecule has 3 heterocycles. The van der Waals surface area contributed by atoms with Gasteiger partial charge >= 0.3 is 6.03 Å². The Labute approximate surface area is 194 Å². The SMILES string of the molecule is CN(Cc1ccccc1N1CCCCC1)CN1C(=O)NC(C)(c2ccc3c(c2)OCO3)C1=O. The first-order valence-electron chi connectivity index (χ1n) is 11.5. The average molecular weight is 451 g/mol. The summed E-state index contributed by atoms with van der Waals surface area (Å²) in [6.07, 6.45) is 3.71. The molecule has 2 aromatic rings. The molecule has 1 N–H and O–H groups in total. The van der Waals surface area contributed by atoms with Crippen molar-refractivity contribution in [1.82, 2.24) is 15.1 Å². The van der Waals surface area contributed by atoms with Gasteiger partial charge in [-0.2, -0.15) is 0 Å². The van der Waals surface area contributed by atoms with Crippen LogP contribution in [-0.2, 0) is 16.9 Å². The molecule has 2 aromatic carbocycles. The smallest absolute Gasteiger partial charge is 0.326 e. The Bertz CT molecular complexity index is 1070. The Morgan fingerprint density at radius 1 is 1.03 bits per heavy atom. The number of carbonyl (C=O) groups excluding carboxylic acids is 2. The van der Waals surface area contributed by atoms with Gasteiger partial charge in [-0.3, -0.25) is 9.69 Å². The van der Waals surface area contributed by atoms with E-state index in [4.69, 9.17) is 9.47 Å². The summed E-state index contributed by atoms with van der Waals surface area (Å²) in [5.41, 5.74) is 1.97. The van der Waals surface area contributed by atoms with E-state index < -0.39 is 11.6 Å². The van der Waals surface area contributed by atoms with Gasteiger partial charge in [0.25, 0.3) is 5.91 Å². The molecular weight excluding hydrogens is 420 g/mol. The van der Waals surface area contributed by atoms with E-state index >= 15 is 0 Å². The van der Waals surface area contributed by atoms with Crippen molar-refractivity contribution >= 4 is 17.6 Å². The minimum atomic E-state index is -1.15. The maximum absolute atomic E-state index is 13.4. The van der Waals surface area contributed by atoms with Crippen LogP contribution in [0.25, 0.3) is 0 Å². The van der Waals surface area contributed by atoms with E-state index in [1.807, 2.05) is 18.0 Å². The predicted molar refractivity (Wildman–Crippen MR) is 124 cm³/mol. The molecule has 5 rings (SSSR count). The van der Waals surface area contributed by atoms with E-state index in [-0.39, 0.29) is 19.4 Å². The number of anilines is 1. The number of amides is 3. The zero-order valence-electron chi connectivity index (χ0n) is 19.2. The second-order valence-electron chi connectivity index (χ2n) is 9.19. The Morgan fingerprint density at radius 2 is 1.79 bits per heavy atom. The van der Waals surface area contributed by atoms with E-state index in [1.54, 1.807) is 25.1 Å². The fourth-order valence-electron chi connectivity index (χ4n) is 4.90. The highest BCUT2D eigenvalue weighted by Crippen LogP contribution is 2.38. The molecule has 3 aliphatic heterocycles. The van der Waals surface area contributed by atoms with Gasteiger partial charge in [0.05, 0.1) is 6.67 Å². The summed E-state index contributed by atoms with van der Waals surface area (Å²) >= 11 is 0. The summed E-state index contributed by atoms with van der Waals surface area (Å²) < 4.78 is 10.8. The second-order valence-corrected chi connectivity index (χ2v) is 9.19. The van der Waals surface area contributed by atoms with Crippen LogP contribution in [0.2, 0.25) is 0 Å². The number of piperidine rings is 1. The molecule has 2 saturated heterocycles. The second kappa shape index (κ2) is 8.59. The van der Waals surface area contributed by atoms with E-state index in [1.165, 1.54) is 35.4 Å². The van der Waals surface area contributed by atoms with Crippen LogP contribution in [0.1, 0.15) is 37.3 Å². The van der Waals surface area contributed by atoms with E-state index in [2.05, 4.69) is 28.4 Å². The van der Waals surface area contributed by atoms with Crippen LogP contribution in [-0.4, -0.2) is 55.3 Å². The Morgan fingerprint density at radius 3 is 2.61 bits per heavy atom. The van der Waals surface area contributed by atoms with Gasteiger partial charge < -0.3 is 19.7 Å². The molecular formula is C25H30N4O4. The molecule has 2 fully saturated rings. The highest BCUT2D eigenvalue weighted by molar-refractivity contribution is 6.07. The number of ether oxygens (including phenoxy) is 2. The van der Waals surface area contributed by atoms with Crippen molar-refractivity contribution in [1.29, 1.82) is 0 Å². The van der Waals surface area contributed by atoms with Crippen molar-refractivity contribution in [2.75, 3.05) is 38.5 Å². The maximum atomic E-state index is 13.4. The predicted octanol–water partition coefficient (Wildman–Crippen LogP) is 3.26. The van der Waals surface area contributed by atoms with Crippen LogP contribution in [0, 0.1) is 0 Å². The van der Waals surface area contributed by atoms with Crippen LogP contribution >= 0.6 is 0 Å². The summed E-state index contributed by atoms with van der Waals surface area (Å²) in [5, 5.41) is 2.88. The number of benzene rings is 2. The van der Waals surface area contributed by atoms with Crippen LogP contribution in [0.15, 0.2) is 42.5 Å². The first-order chi connectivity index (χ1) is 16.0. The molecule has 0 radical (unpaired) electrons. The molecule has 8 nitrogen and oxygen atoms in total. The first-order valence-corrected chi connectivity index (χ1v) is 11.5. The molecule has 174 valence electrons. The fourth-order valence-corrected chi connectivity index (χ4v) is 4.90. The zero-order chi connectivity index (χ0) is 23.0. The Kier molecular flexibility index (Phi) is 5.62. The molecule has 33 heavy (non-hydrogen) atoms. The Balaban J connectivity index is 1.30. The number of para-hydroxylation sites is 1. The molecule has 0 aromatic heterocycles. The molecule has 0 bridgehead atoms. The number of nitrogens with one attached hydrogen (secondary N) is 1. The summed E-state index contributed by atoms with van der Waals surface area (Å²) in [6.45, 7) is 4.88. The number of fused-ring (bicyclic) bond motifs is 1. The van der Waals surface area contributed by atoms with Crippen molar-refractivity contribution < 1.29 is 19.1 Å². The van der Waals surface area contributed by atoms with Gasteiger partial charge in [-0.25, -0.2) is 9.69 Å². The first kappa shape index (κ1) is 21.6. The lowest BCUT2D eigenvalue weighted by Gasteiger charge is -2.32. The number of hydrogen-bond donors (Lipinski definition) is 1. The van der Waals surface area contributed by atoms with Gasteiger partial charge in [-0.05, 0) is 62.6 Å². The molecule has 1 unspecified atom stereocenters. The Hall–Kier alpha value is -3.26. The summed E-state index contributed by atoms with van der Waals surface area (Å²) in [6, 6.07) is 13.4. The van der Waals surface area contributed by atoms with Gasteiger partial charge in [-0.1, -0.05) is 24.3 Å². The van der Waals surface area contributed by atoms with Gasteiger partial charge in [0.15, 0.2) is 11.5 Å². The minimum absolute atomic E-state index is 0.158. The molecule has 0 saturated carbocycles. The lowest BCUT2D eigenvalue weighted by Crippen LogP contribution is -2.43. The molecule has 0 aliphatic carbocycles. The normalized spacial score (nSPS) is 22.3. The standard InChI is InChI=1S/C25H30N4O4/c1-25(19-10-11-21-22(14-19)33-17-32-21)23(30)29(24(31)26-25)16-27(2)15-18-8-4-5-9-20(18)28-12-6-3-7-13-28/h4-5,8-11,14H,3,6-7,12-13,15-17H2,1-2H3,(H,26,31). The van der Waals surface area contributed by atoms with Crippen molar-refractivity contribution in [3.8, 4) is 11.5 Å². The van der Waals surface area contributed by atoms with Crippen LogP contribution in [0.4, 0.5) is 10.5 Å². The average Bonchev–Trinajstić information content (AvgIpc) is 3.38. The highest BCUT2D eigenvalue weighted by atomic mass is 16.7. The summed E-state index contributed by atoms with van der Waals surface area (Å²) in [7, 11) is 1.93. The molecule has 1 atom stereocenters. The van der Waals surface area contributed by atoms with Crippen molar-refractivity contribution in [3.63, 3.8) is 0 Å². The number of hydrogen-bond acceptors (Lipinski definition) is 6. The number of carbonyl (C=O) groups is 2. The van der Waals surface area contributed by atoms with E-state index in [0.717, 1.165) is 13.1 Å². The number of rotatable bonds is 6.